The van der Waals surface area contributed by atoms with E-state index in [9.17, 15) is 14.4 Å². The van der Waals surface area contributed by atoms with Gasteiger partial charge in [-0.2, -0.15) is 0 Å². The van der Waals surface area contributed by atoms with E-state index in [1.165, 1.54) is 4.90 Å². The molecule has 3 aromatic rings. The maximum Gasteiger partial charge on any atom is 0.338 e. The predicted molar refractivity (Wildman–Crippen MR) is 139 cm³/mol. The number of hydrogen-bond acceptors (Lipinski definition) is 5. The van der Waals surface area contributed by atoms with E-state index < -0.39 is 17.8 Å². The highest BCUT2D eigenvalue weighted by Gasteiger charge is 2.35. The number of esters is 1. The third kappa shape index (κ3) is 4.52. The molecule has 2 amide bonds. The van der Waals surface area contributed by atoms with Crippen molar-refractivity contribution in [2.24, 2.45) is 0 Å². The maximum atomic E-state index is 13.4. The quantitative estimate of drug-likeness (QED) is 0.250. The van der Waals surface area contributed by atoms with Crippen molar-refractivity contribution in [1.29, 1.82) is 0 Å². The van der Waals surface area contributed by atoms with E-state index in [1.54, 1.807) is 37.3 Å². The topological polar surface area (TPSA) is 80.6 Å². The van der Waals surface area contributed by atoms with Crippen LogP contribution in [-0.2, 0) is 14.3 Å². The summed E-state index contributed by atoms with van der Waals surface area (Å²) in [6.07, 6.45) is 1.58. The molecule has 1 aliphatic rings. The van der Waals surface area contributed by atoms with Gasteiger partial charge in [-0.05, 0) is 87.4 Å². The molecule has 8 heteroatoms. The SMILES string of the molecule is CCOC(=O)c1cccc(-n2c(C)cc(/C=C3\C(=O)NC(=S)N(c4ccccc4C)C3=O)c2C)c1. The number of aromatic nitrogens is 1. The molecule has 178 valence electrons. The molecule has 0 atom stereocenters. The highest BCUT2D eigenvalue weighted by Crippen LogP contribution is 2.27. The fraction of sp³-hybridized carbons (Fsp3) is 0.185. The molecular weight excluding hydrogens is 462 g/mol. The second-order valence-corrected chi connectivity index (χ2v) is 8.56. The molecule has 1 saturated heterocycles. The van der Waals surface area contributed by atoms with Gasteiger partial charge in [-0.3, -0.25) is 19.8 Å². The van der Waals surface area contributed by atoms with Gasteiger partial charge in [0.25, 0.3) is 11.8 Å². The lowest BCUT2D eigenvalue weighted by molar-refractivity contribution is -0.122. The van der Waals surface area contributed by atoms with Crippen LogP contribution in [-0.4, -0.2) is 34.1 Å². The molecule has 2 heterocycles. The smallest absolute Gasteiger partial charge is 0.338 e. The summed E-state index contributed by atoms with van der Waals surface area (Å²) in [6.45, 7) is 7.75. The highest BCUT2D eigenvalue weighted by molar-refractivity contribution is 7.80. The summed E-state index contributed by atoms with van der Waals surface area (Å²) >= 11 is 5.31. The van der Waals surface area contributed by atoms with E-state index in [4.69, 9.17) is 17.0 Å². The van der Waals surface area contributed by atoms with Crippen LogP contribution in [0.3, 0.4) is 0 Å². The Morgan fingerprint density at radius 2 is 1.80 bits per heavy atom. The minimum Gasteiger partial charge on any atom is -0.462 e. The van der Waals surface area contributed by atoms with E-state index in [0.29, 0.717) is 23.4 Å². The van der Waals surface area contributed by atoms with Crippen molar-refractivity contribution < 1.29 is 19.1 Å². The van der Waals surface area contributed by atoms with Crippen LogP contribution >= 0.6 is 12.2 Å². The number of carbonyl (C=O) groups excluding carboxylic acids is 3. The number of hydrogen-bond donors (Lipinski definition) is 1. The maximum absolute atomic E-state index is 13.4. The van der Waals surface area contributed by atoms with Crippen LogP contribution in [0, 0.1) is 20.8 Å². The fourth-order valence-electron chi connectivity index (χ4n) is 4.16. The van der Waals surface area contributed by atoms with Crippen molar-refractivity contribution in [2.45, 2.75) is 27.7 Å². The van der Waals surface area contributed by atoms with E-state index in [2.05, 4.69) is 5.32 Å². The monoisotopic (exact) mass is 487 g/mol. The predicted octanol–water partition coefficient (Wildman–Crippen LogP) is 4.41. The molecule has 1 aliphatic heterocycles. The zero-order valence-corrected chi connectivity index (χ0v) is 20.7. The molecule has 0 unspecified atom stereocenters. The van der Waals surface area contributed by atoms with E-state index in [0.717, 1.165) is 22.6 Å². The molecule has 0 aliphatic carbocycles. The van der Waals surface area contributed by atoms with Gasteiger partial charge in [0.15, 0.2) is 5.11 Å². The molecule has 1 fully saturated rings. The van der Waals surface area contributed by atoms with Crippen molar-refractivity contribution in [3.8, 4) is 5.69 Å². The van der Waals surface area contributed by atoms with Gasteiger partial charge in [-0.15, -0.1) is 0 Å². The zero-order chi connectivity index (χ0) is 25.3. The Kier molecular flexibility index (Phi) is 6.66. The van der Waals surface area contributed by atoms with Crippen LogP contribution in [0.15, 0.2) is 60.2 Å². The lowest BCUT2D eigenvalue weighted by Gasteiger charge is -2.30. The molecular formula is C27H25N3O4S. The molecule has 4 rings (SSSR count). The van der Waals surface area contributed by atoms with Crippen molar-refractivity contribution in [3.63, 3.8) is 0 Å². The first kappa shape index (κ1) is 24.1. The fourth-order valence-corrected chi connectivity index (χ4v) is 4.44. The summed E-state index contributed by atoms with van der Waals surface area (Å²) in [5.74, 6) is -1.42. The Hall–Kier alpha value is -4.04. The third-order valence-corrected chi connectivity index (χ3v) is 6.13. The van der Waals surface area contributed by atoms with Gasteiger partial charge >= 0.3 is 5.97 Å². The zero-order valence-electron chi connectivity index (χ0n) is 19.9. The molecule has 1 aromatic heterocycles. The molecule has 1 N–H and O–H groups in total. The number of nitrogens with one attached hydrogen (secondary N) is 1. The van der Waals surface area contributed by atoms with E-state index >= 15 is 0 Å². The summed E-state index contributed by atoms with van der Waals surface area (Å²) in [7, 11) is 0. The Morgan fingerprint density at radius 3 is 2.51 bits per heavy atom. The number of thiocarbonyl (C=S) groups is 1. The summed E-state index contributed by atoms with van der Waals surface area (Å²) in [5.41, 5.74) is 5.09. The van der Waals surface area contributed by atoms with Gasteiger partial charge in [0, 0.05) is 17.1 Å². The van der Waals surface area contributed by atoms with Crippen molar-refractivity contribution in [1.82, 2.24) is 9.88 Å². The molecule has 0 bridgehead atoms. The van der Waals surface area contributed by atoms with Crippen molar-refractivity contribution in [3.05, 3.63) is 88.2 Å². The third-order valence-electron chi connectivity index (χ3n) is 5.84. The second-order valence-electron chi connectivity index (χ2n) is 8.18. The molecule has 0 radical (unpaired) electrons. The number of rotatable bonds is 5. The van der Waals surface area contributed by atoms with E-state index in [1.807, 2.05) is 55.7 Å². The number of carbonyl (C=O) groups is 3. The number of aryl methyl sites for hydroxylation is 2. The first-order valence-electron chi connectivity index (χ1n) is 11.2. The number of benzene rings is 2. The van der Waals surface area contributed by atoms with Crippen LogP contribution < -0.4 is 10.2 Å². The second kappa shape index (κ2) is 9.68. The average molecular weight is 488 g/mol. The van der Waals surface area contributed by atoms with Crippen LogP contribution in [0.25, 0.3) is 11.8 Å². The Labute approximate surface area is 209 Å². The van der Waals surface area contributed by atoms with Crippen molar-refractivity contribution in [2.75, 3.05) is 11.5 Å². The van der Waals surface area contributed by atoms with Gasteiger partial charge in [0.2, 0.25) is 0 Å². The lowest BCUT2D eigenvalue weighted by atomic mass is 10.1. The van der Waals surface area contributed by atoms with Gasteiger partial charge < -0.3 is 9.30 Å². The molecule has 2 aromatic carbocycles. The number of anilines is 1. The van der Waals surface area contributed by atoms with Crippen LogP contribution in [0.1, 0.15) is 39.8 Å². The molecule has 0 saturated carbocycles. The Morgan fingerprint density at radius 1 is 1.06 bits per heavy atom. The highest BCUT2D eigenvalue weighted by atomic mass is 32.1. The minimum absolute atomic E-state index is 0.0117. The van der Waals surface area contributed by atoms with Gasteiger partial charge in [0.05, 0.1) is 17.9 Å². The number of para-hydroxylation sites is 1. The minimum atomic E-state index is -0.543. The van der Waals surface area contributed by atoms with Crippen LogP contribution in [0.4, 0.5) is 5.69 Å². The number of amides is 2. The van der Waals surface area contributed by atoms with Gasteiger partial charge in [-0.1, -0.05) is 24.3 Å². The normalized spacial score (nSPS) is 14.9. The summed E-state index contributed by atoms with van der Waals surface area (Å²) in [6, 6.07) is 16.4. The summed E-state index contributed by atoms with van der Waals surface area (Å²) in [4.78, 5) is 39.7. The first-order valence-corrected chi connectivity index (χ1v) is 11.6. The van der Waals surface area contributed by atoms with Gasteiger partial charge in [0.1, 0.15) is 5.57 Å². The van der Waals surface area contributed by atoms with E-state index in [-0.39, 0.29) is 10.7 Å². The number of nitrogens with zero attached hydrogens (tertiary/aromatic N) is 2. The summed E-state index contributed by atoms with van der Waals surface area (Å²) < 4.78 is 7.08. The Balaban J connectivity index is 1.75. The van der Waals surface area contributed by atoms with Gasteiger partial charge in [-0.25, -0.2) is 4.79 Å². The van der Waals surface area contributed by atoms with Crippen molar-refractivity contribution >= 4 is 46.9 Å². The standard InChI is InChI=1S/C27H25N3O4S/c1-5-34-26(33)19-10-8-11-21(14-19)29-17(3)13-20(18(29)4)15-22-24(31)28-27(35)30(25(22)32)23-12-7-6-9-16(23)2/h6-15H,5H2,1-4H3,(H,28,31,35)/b22-15+. The van der Waals surface area contributed by atoms with Crippen LogP contribution in [0.5, 0.6) is 0 Å². The average Bonchev–Trinajstić information content (AvgIpc) is 3.10. The largest absolute Gasteiger partial charge is 0.462 e. The Bertz CT molecular complexity index is 1400. The first-order chi connectivity index (χ1) is 16.7. The lowest BCUT2D eigenvalue weighted by Crippen LogP contribution is -2.54. The molecule has 35 heavy (non-hydrogen) atoms. The molecule has 7 nitrogen and oxygen atoms in total. The molecule has 0 spiro atoms. The summed E-state index contributed by atoms with van der Waals surface area (Å²) in [5, 5.41) is 2.68. The van der Waals surface area contributed by atoms with Crippen LogP contribution in [0.2, 0.25) is 0 Å². The number of ether oxygens (including phenoxy) is 1.